The molecule has 0 radical (unpaired) electrons. The molecule has 2 aromatic heterocycles. The Balaban J connectivity index is 1.33. The molecule has 2 fully saturated rings. The number of hydrogen-bond acceptors (Lipinski definition) is 6. The summed E-state index contributed by atoms with van der Waals surface area (Å²) < 4.78 is 5.61. The summed E-state index contributed by atoms with van der Waals surface area (Å²) in [6.45, 7) is 4.60. The van der Waals surface area contributed by atoms with Crippen molar-refractivity contribution >= 4 is 23.4 Å². The zero-order valence-corrected chi connectivity index (χ0v) is 17.9. The van der Waals surface area contributed by atoms with Crippen molar-refractivity contribution in [1.29, 1.82) is 0 Å². The van der Waals surface area contributed by atoms with Crippen molar-refractivity contribution in [3.63, 3.8) is 0 Å². The largest absolute Gasteiger partial charge is 0.379 e. The first-order valence-corrected chi connectivity index (χ1v) is 11.7. The molecule has 6 heteroatoms. The third kappa shape index (κ3) is 3.01. The van der Waals surface area contributed by atoms with E-state index in [2.05, 4.69) is 47.1 Å². The number of benzene rings is 1. The van der Waals surface area contributed by atoms with Crippen molar-refractivity contribution in [3.05, 3.63) is 60.0 Å². The average molecular weight is 417 g/mol. The van der Waals surface area contributed by atoms with E-state index in [1.54, 1.807) is 0 Å². The molecule has 152 valence electrons. The number of fused-ring (bicyclic) bond motifs is 2. The van der Waals surface area contributed by atoms with E-state index in [1.165, 1.54) is 34.6 Å². The quantitative estimate of drug-likeness (QED) is 0.549. The van der Waals surface area contributed by atoms with E-state index >= 15 is 0 Å². The summed E-state index contributed by atoms with van der Waals surface area (Å²) in [5.41, 5.74) is 5.97. The van der Waals surface area contributed by atoms with E-state index in [0.29, 0.717) is 5.92 Å². The van der Waals surface area contributed by atoms with Gasteiger partial charge in [0.05, 0.1) is 24.3 Å². The smallest absolute Gasteiger partial charge is 0.229 e. The van der Waals surface area contributed by atoms with Crippen LogP contribution >= 0.6 is 11.8 Å². The summed E-state index contributed by atoms with van der Waals surface area (Å²) in [6, 6.07) is 11.1. The first-order valence-electron chi connectivity index (χ1n) is 10.7. The standard InChI is InChI=1S/C24H24N4OS/c1-2-30-19-5-6-20-22(10-19)28(13-24(20)14-29-15-24)23-26-11-18(12-27-23)21-9-17(7-8-25-21)16-3-4-16/h5-12,16H,2-4,13-15H2,1H3. The Hall–Kier alpha value is -2.44. The number of anilines is 2. The first kappa shape index (κ1) is 18.3. The highest BCUT2D eigenvalue weighted by atomic mass is 32.2. The Morgan fingerprint density at radius 2 is 1.93 bits per heavy atom. The first-order chi connectivity index (χ1) is 14.8. The summed E-state index contributed by atoms with van der Waals surface area (Å²) in [6.07, 6.45) is 8.30. The van der Waals surface area contributed by atoms with E-state index in [9.17, 15) is 0 Å². The van der Waals surface area contributed by atoms with Gasteiger partial charge in [0.15, 0.2) is 0 Å². The van der Waals surface area contributed by atoms with Gasteiger partial charge >= 0.3 is 0 Å². The molecule has 5 nitrogen and oxygen atoms in total. The number of pyridine rings is 1. The van der Waals surface area contributed by atoms with Gasteiger partial charge in [0, 0.05) is 41.3 Å². The highest BCUT2D eigenvalue weighted by molar-refractivity contribution is 7.99. The van der Waals surface area contributed by atoms with Gasteiger partial charge < -0.3 is 9.64 Å². The summed E-state index contributed by atoms with van der Waals surface area (Å²) in [5, 5.41) is 0. The molecule has 4 heterocycles. The normalized spacial score (nSPS) is 19.0. The van der Waals surface area contributed by atoms with Crippen LogP contribution in [0.3, 0.4) is 0 Å². The molecule has 3 aliphatic rings. The van der Waals surface area contributed by atoms with Crippen LogP contribution < -0.4 is 4.90 Å². The Morgan fingerprint density at radius 1 is 1.10 bits per heavy atom. The Labute approximate surface area is 180 Å². The summed E-state index contributed by atoms with van der Waals surface area (Å²) >= 11 is 1.87. The number of rotatable bonds is 5. The molecule has 2 aliphatic heterocycles. The molecule has 0 bridgehead atoms. The van der Waals surface area contributed by atoms with Crippen molar-refractivity contribution in [2.45, 2.75) is 36.0 Å². The van der Waals surface area contributed by atoms with Crippen molar-refractivity contribution in [3.8, 4) is 11.3 Å². The molecule has 1 saturated heterocycles. The molecule has 1 saturated carbocycles. The molecular formula is C24H24N4OS. The molecule has 3 aromatic rings. The van der Waals surface area contributed by atoms with Crippen LogP contribution in [0.4, 0.5) is 11.6 Å². The highest BCUT2D eigenvalue weighted by Gasteiger charge is 2.49. The molecule has 1 aliphatic carbocycles. The molecule has 0 unspecified atom stereocenters. The minimum atomic E-state index is 0.0763. The van der Waals surface area contributed by atoms with E-state index in [-0.39, 0.29) is 5.41 Å². The van der Waals surface area contributed by atoms with Crippen LogP contribution in [0, 0.1) is 0 Å². The van der Waals surface area contributed by atoms with Gasteiger partial charge in [-0.2, -0.15) is 0 Å². The van der Waals surface area contributed by atoms with Crippen LogP contribution in [0.5, 0.6) is 0 Å². The third-order valence-corrected chi connectivity index (χ3v) is 7.24. The van der Waals surface area contributed by atoms with E-state index < -0.39 is 0 Å². The molecule has 6 rings (SSSR count). The number of ether oxygens (including phenoxy) is 1. The molecule has 0 amide bonds. The van der Waals surface area contributed by atoms with Crippen LogP contribution in [-0.4, -0.2) is 40.5 Å². The van der Waals surface area contributed by atoms with E-state index in [4.69, 9.17) is 14.7 Å². The Bertz CT molecular complexity index is 1090. The number of hydrogen-bond donors (Lipinski definition) is 0. The Morgan fingerprint density at radius 3 is 2.63 bits per heavy atom. The second-order valence-corrected chi connectivity index (χ2v) is 9.83. The maximum atomic E-state index is 5.61. The van der Waals surface area contributed by atoms with Gasteiger partial charge in [-0.15, -0.1) is 11.8 Å². The van der Waals surface area contributed by atoms with Gasteiger partial charge in [0.25, 0.3) is 0 Å². The lowest BCUT2D eigenvalue weighted by Gasteiger charge is -2.38. The van der Waals surface area contributed by atoms with Gasteiger partial charge in [-0.25, -0.2) is 9.97 Å². The third-order valence-electron chi connectivity index (χ3n) is 6.37. The fourth-order valence-corrected chi connectivity index (χ4v) is 5.25. The molecule has 0 atom stereocenters. The zero-order valence-electron chi connectivity index (χ0n) is 17.0. The lowest BCUT2D eigenvalue weighted by Crippen LogP contribution is -2.49. The average Bonchev–Trinajstić information content (AvgIpc) is 3.55. The predicted octanol–water partition coefficient (Wildman–Crippen LogP) is 4.95. The maximum absolute atomic E-state index is 5.61. The van der Waals surface area contributed by atoms with Crippen LogP contribution in [0.1, 0.15) is 36.8 Å². The fourth-order valence-electron chi connectivity index (χ4n) is 4.55. The number of nitrogens with zero attached hydrogens (tertiary/aromatic N) is 4. The highest BCUT2D eigenvalue weighted by Crippen LogP contribution is 2.48. The molecule has 30 heavy (non-hydrogen) atoms. The lowest BCUT2D eigenvalue weighted by atomic mass is 9.81. The molecule has 1 spiro atoms. The van der Waals surface area contributed by atoms with Crippen LogP contribution in [0.15, 0.2) is 53.8 Å². The lowest BCUT2D eigenvalue weighted by molar-refractivity contribution is -0.0507. The second kappa shape index (κ2) is 7.06. The van der Waals surface area contributed by atoms with Gasteiger partial charge in [-0.1, -0.05) is 13.0 Å². The van der Waals surface area contributed by atoms with Crippen molar-refractivity contribution in [1.82, 2.24) is 15.0 Å². The van der Waals surface area contributed by atoms with E-state index in [0.717, 1.165) is 42.7 Å². The number of thioether (sulfide) groups is 1. The maximum Gasteiger partial charge on any atom is 0.229 e. The fraction of sp³-hybridized carbons (Fsp3) is 0.375. The minimum Gasteiger partial charge on any atom is -0.379 e. The van der Waals surface area contributed by atoms with Gasteiger partial charge in [0.1, 0.15) is 0 Å². The second-order valence-electron chi connectivity index (χ2n) is 8.49. The van der Waals surface area contributed by atoms with Crippen LogP contribution in [-0.2, 0) is 10.2 Å². The molecule has 0 N–H and O–H groups in total. The topological polar surface area (TPSA) is 51.1 Å². The van der Waals surface area contributed by atoms with Gasteiger partial charge in [0.2, 0.25) is 5.95 Å². The predicted molar refractivity (Wildman–Crippen MR) is 120 cm³/mol. The van der Waals surface area contributed by atoms with Crippen LogP contribution in [0.25, 0.3) is 11.3 Å². The monoisotopic (exact) mass is 416 g/mol. The summed E-state index contributed by atoms with van der Waals surface area (Å²) in [4.78, 5) is 17.6. The molecular weight excluding hydrogens is 392 g/mol. The number of aromatic nitrogens is 3. The van der Waals surface area contributed by atoms with E-state index in [1.807, 2.05) is 30.4 Å². The van der Waals surface area contributed by atoms with Crippen molar-refractivity contribution in [2.24, 2.45) is 0 Å². The van der Waals surface area contributed by atoms with Gasteiger partial charge in [-0.05, 0) is 59.9 Å². The zero-order chi connectivity index (χ0) is 20.1. The minimum absolute atomic E-state index is 0.0763. The van der Waals surface area contributed by atoms with Crippen molar-refractivity contribution in [2.75, 3.05) is 30.4 Å². The molecule has 1 aromatic carbocycles. The van der Waals surface area contributed by atoms with Gasteiger partial charge in [-0.3, -0.25) is 4.98 Å². The summed E-state index contributed by atoms with van der Waals surface area (Å²) in [7, 11) is 0. The Kier molecular flexibility index (Phi) is 4.32. The van der Waals surface area contributed by atoms with Crippen molar-refractivity contribution < 1.29 is 4.74 Å². The van der Waals surface area contributed by atoms with Crippen LogP contribution in [0.2, 0.25) is 0 Å². The SMILES string of the molecule is CCSc1ccc2c(c1)N(c1ncc(-c3cc(C4CC4)ccn3)cn1)CC21COC1. The summed E-state index contributed by atoms with van der Waals surface area (Å²) in [5.74, 6) is 2.52.